The number of carbonyl (C=O) groups excluding carboxylic acids is 3. The van der Waals surface area contributed by atoms with Gasteiger partial charge in [-0.2, -0.15) is 0 Å². The highest BCUT2D eigenvalue weighted by Gasteiger charge is 2.37. The fraction of sp³-hybridized carbons (Fsp3) is 0.258. The summed E-state index contributed by atoms with van der Waals surface area (Å²) in [6.07, 6.45) is 3.01. The largest absolute Gasteiger partial charge is 0.326 e. The standard InChI is InChI=1S/C31H33N3O3/c1-20-10-16-24(18-21(20)2)32-28(35)19-27-30(37)33-25-8-6-7-9-26(25)34(27)29(36)17-13-22-11-14-23(15-12-22)31(3,4)5/h6-18,27H,19H2,1-5H3,(H,32,35)(H,33,37)/b17-13+. The Balaban J connectivity index is 1.57. The van der Waals surface area contributed by atoms with Crippen LogP contribution in [0.1, 0.15) is 49.4 Å². The van der Waals surface area contributed by atoms with E-state index in [0.717, 1.165) is 16.7 Å². The molecular weight excluding hydrogens is 462 g/mol. The van der Waals surface area contributed by atoms with Gasteiger partial charge in [0, 0.05) is 11.8 Å². The van der Waals surface area contributed by atoms with Gasteiger partial charge in [-0.05, 0) is 71.9 Å². The molecule has 0 aliphatic carbocycles. The number of anilines is 3. The summed E-state index contributed by atoms with van der Waals surface area (Å²) in [7, 11) is 0. The second kappa shape index (κ2) is 10.4. The van der Waals surface area contributed by atoms with E-state index in [-0.39, 0.29) is 23.7 Å². The molecule has 190 valence electrons. The molecule has 3 aromatic carbocycles. The molecule has 1 aliphatic rings. The number of para-hydroxylation sites is 2. The molecule has 0 radical (unpaired) electrons. The molecule has 6 nitrogen and oxygen atoms in total. The second-order valence-electron chi connectivity index (χ2n) is 10.5. The lowest BCUT2D eigenvalue weighted by Gasteiger charge is -2.35. The van der Waals surface area contributed by atoms with Gasteiger partial charge in [-0.1, -0.05) is 63.2 Å². The fourth-order valence-corrected chi connectivity index (χ4v) is 4.30. The van der Waals surface area contributed by atoms with Crippen molar-refractivity contribution in [1.82, 2.24) is 0 Å². The quantitative estimate of drug-likeness (QED) is 0.426. The highest BCUT2D eigenvalue weighted by atomic mass is 16.2. The van der Waals surface area contributed by atoms with Crippen LogP contribution in [0.25, 0.3) is 6.08 Å². The fourth-order valence-electron chi connectivity index (χ4n) is 4.30. The lowest BCUT2D eigenvalue weighted by atomic mass is 9.87. The summed E-state index contributed by atoms with van der Waals surface area (Å²) in [5, 5.41) is 5.70. The van der Waals surface area contributed by atoms with Crippen LogP contribution in [-0.4, -0.2) is 23.8 Å². The molecule has 1 aliphatic heterocycles. The Morgan fingerprint density at radius 2 is 1.68 bits per heavy atom. The van der Waals surface area contributed by atoms with Gasteiger partial charge >= 0.3 is 0 Å². The average molecular weight is 496 g/mol. The van der Waals surface area contributed by atoms with Crippen molar-refractivity contribution >= 4 is 40.9 Å². The van der Waals surface area contributed by atoms with E-state index in [2.05, 4.69) is 31.4 Å². The van der Waals surface area contributed by atoms with Crippen molar-refractivity contribution in [3.8, 4) is 0 Å². The molecule has 0 spiro atoms. The zero-order valence-corrected chi connectivity index (χ0v) is 22.0. The minimum Gasteiger partial charge on any atom is -0.326 e. The summed E-state index contributed by atoms with van der Waals surface area (Å²) in [6.45, 7) is 10.4. The van der Waals surface area contributed by atoms with Crippen molar-refractivity contribution in [2.24, 2.45) is 0 Å². The van der Waals surface area contributed by atoms with Crippen LogP contribution in [0.4, 0.5) is 17.1 Å². The van der Waals surface area contributed by atoms with E-state index in [1.807, 2.05) is 56.3 Å². The van der Waals surface area contributed by atoms with Crippen molar-refractivity contribution in [2.45, 2.75) is 52.5 Å². The molecular formula is C31H33N3O3. The minimum atomic E-state index is -0.984. The molecule has 2 N–H and O–H groups in total. The van der Waals surface area contributed by atoms with Gasteiger partial charge in [0.1, 0.15) is 6.04 Å². The van der Waals surface area contributed by atoms with Crippen LogP contribution < -0.4 is 15.5 Å². The summed E-state index contributed by atoms with van der Waals surface area (Å²) in [4.78, 5) is 40.9. The predicted octanol–water partition coefficient (Wildman–Crippen LogP) is 6.00. The van der Waals surface area contributed by atoms with Gasteiger partial charge in [-0.3, -0.25) is 19.3 Å². The van der Waals surface area contributed by atoms with Gasteiger partial charge in [-0.15, -0.1) is 0 Å². The first-order chi connectivity index (χ1) is 17.5. The Morgan fingerprint density at radius 3 is 2.35 bits per heavy atom. The number of nitrogens with one attached hydrogen (secondary N) is 2. The van der Waals surface area contributed by atoms with Gasteiger partial charge in [0.25, 0.3) is 5.91 Å². The van der Waals surface area contributed by atoms with Crippen LogP contribution in [0, 0.1) is 13.8 Å². The average Bonchev–Trinajstić information content (AvgIpc) is 2.85. The van der Waals surface area contributed by atoms with Crippen molar-refractivity contribution in [1.29, 1.82) is 0 Å². The summed E-state index contributed by atoms with van der Waals surface area (Å²) in [6, 6.07) is 19.8. The van der Waals surface area contributed by atoms with Gasteiger partial charge in [-0.25, -0.2) is 0 Å². The first kappa shape index (κ1) is 25.9. The van der Waals surface area contributed by atoms with E-state index >= 15 is 0 Å². The van der Waals surface area contributed by atoms with E-state index in [0.29, 0.717) is 17.1 Å². The summed E-state index contributed by atoms with van der Waals surface area (Å²) in [5.74, 6) is -1.11. The number of carbonyl (C=O) groups is 3. The molecule has 1 unspecified atom stereocenters. The molecule has 3 aromatic rings. The topological polar surface area (TPSA) is 78.5 Å². The molecule has 0 saturated heterocycles. The number of aryl methyl sites for hydroxylation is 2. The number of rotatable bonds is 5. The maximum atomic E-state index is 13.5. The first-order valence-electron chi connectivity index (χ1n) is 12.4. The van der Waals surface area contributed by atoms with Crippen LogP contribution in [0.2, 0.25) is 0 Å². The van der Waals surface area contributed by atoms with Crippen molar-refractivity contribution in [2.75, 3.05) is 15.5 Å². The number of hydrogen-bond donors (Lipinski definition) is 2. The second-order valence-corrected chi connectivity index (χ2v) is 10.5. The first-order valence-corrected chi connectivity index (χ1v) is 12.4. The molecule has 4 rings (SSSR count). The highest BCUT2D eigenvalue weighted by molar-refractivity contribution is 6.16. The Morgan fingerprint density at radius 1 is 0.973 bits per heavy atom. The monoisotopic (exact) mass is 495 g/mol. The zero-order valence-electron chi connectivity index (χ0n) is 22.0. The Bertz CT molecular complexity index is 1370. The Kier molecular flexibility index (Phi) is 7.30. The Labute approximate surface area is 218 Å². The molecule has 0 saturated carbocycles. The number of hydrogen-bond acceptors (Lipinski definition) is 3. The third-order valence-corrected chi connectivity index (χ3v) is 6.64. The van der Waals surface area contributed by atoms with Crippen molar-refractivity contribution < 1.29 is 14.4 Å². The molecule has 3 amide bonds. The molecule has 1 heterocycles. The third-order valence-electron chi connectivity index (χ3n) is 6.64. The van der Waals surface area contributed by atoms with Crippen molar-refractivity contribution in [3.63, 3.8) is 0 Å². The van der Waals surface area contributed by atoms with Gasteiger partial charge in [0.2, 0.25) is 11.8 Å². The highest BCUT2D eigenvalue weighted by Crippen LogP contribution is 2.33. The predicted molar refractivity (Wildman–Crippen MR) is 150 cm³/mol. The zero-order chi connectivity index (χ0) is 26.7. The SMILES string of the molecule is Cc1ccc(NC(=O)CC2C(=O)Nc3ccccc3N2C(=O)/C=C/c2ccc(C(C)(C)C)cc2)cc1C. The summed E-state index contributed by atoms with van der Waals surface area (Å²) < 4.78 is 0. The minimum absolute atomic E-state index is 0.0357. The molecule has 37 heavy (non-hydrogen) atoms. The van der Waals surface area contributed by atoms with E-state index in [1.54, 1.807) is 30.3 Å². The number of amides is 3. The number of nitrogens with zero attached hydrogens (tertiary/aromatic N) is 1. The van der Waals surface area contributed by atoms with Gasteiger partial charge < -0.3 is 10.6 Å². The summed E-state index contributed by atoms with van der Waals surface area (Å²) >= 11 is 0. The van der Waals surface area contributed by atoms with Gasteiger partial charge in [0.15, 0.2) is 0 Å². The molecule has 0 bridgehead atoms. The number of fused-ring (bicyclic) bond motifs is 1. The van der Waals surface area contributed by atoms with Crippen LogP contribution in [-0.2, 0) is 19.8 Å². The lowest BCUT2D eigenvalue weighted by Crippen LogP contribution is -2.52. The molecule has 1 atom stereocenters. The van der Waals surface area contributed by atoms with E-state index in [4.69, 9.17) is 0 Å². The number of benzene rings is 3. The smallest absolute Gasteiger partial charge is 0.251 e. The van der Waals surface area contributed by atoms with E-state index < -0.39 is 11.9 Å². The van der Waals surface area contributed by atoms with E-state index in [1.165, 1.54) is 16.5 Å². The maximum absolute atomic E-state index is 13.5. The third kappa shape index (κ3) is 5.97. The molecule has 6 heteroatoms. The summed E-state index contributed by atoms with van der Waals surface area (Å²) in [5.41, 5.74) is 6.04. The van der Waals surface area contributed by atoms with E-state index in [9.17, 15) is 14.4 Å². The molecule has 0 aromatic heterocycles. The van der Waals surface area contributed by atoms with Crippen LogP contribution >= 0.6 is 0 Å². The van der Waals surface area contributed by atoms with Crippen LogP contribution in [0.5, 0.6) is 0 Å². The van der Waals surface area contributed by atoms with Gasteiger partial charge in [0.05, 0.1) is 17.8 Å². The van der Waals surface area contributed by atoms with Crippen LogP contribution in [0.15, 0.2) is 72.8 Å². The normalized spacial score (nSPS) is 15.3. The lowest BCUT2D eigenvalue weighted by molar-refractivity contribution is -0.124. The van der Waals surface area contributed by atoms with Crippen LogP contribution in [0.3, 0.4) is 0 Å². The van der Waals surface area contributed by atoms with Crippen molar-refractivity contribution in [3.05, 3.63) is 95.1 Å². The maximum Gasteiger partial charge on any atom is 0.251 e. The Hall–Kier alpha value is -4.19. The molecule has 0 fully saturated rings.